The molecule has 4 heteroatoms. The van der Waals surface area contributed by atoms with Crippen LogP contribution in [0.15, 0.2) is 61.7 Å². The van der Waals surface area contributed by atoms with E-state index in [1.54, 1.807) is 11.8 Å². The quantitative estimate of drug-likeness (QED) is 0.0782. The molecule has 0 bridgehead atoms. The van der Waals surface area contributed by atoms with Gasteiger partial charge in [-0.2, -0.15) is 0 Å². The van der Waals surface area contributed by atoms with Gasteiger partial charge in [-0.1, -0.05) is 73.8 Å². The van der Waals surface area contributed by atoms with Gasteiger partial charge in [0, 0.05) is 0 Å². The summed E-state index contributed by atoms with van der Waals surface area (Å²) in [4.78, 5) is 0. The van der Waals surface area contributed by atoms with Crippen molar-refractivity contribution in [3.05, 3.63) is 96.8 Å². The molecule has 2 aromatic rings. The van der Waals surface area contributed by atoms with Gasteiger partial charge in [0.1, 0.15) is 0 Å². The summed E-state index contributed by atoms with van der Waals surface area (Å²) < 4.78 is 0. The van der Waals surface area contributed by atoms with E-state index in [-0.39, 0.29) is 44.8 Å². The van der Waals surface area contributed by atoms with Crippen LogP contribution in [0.2, 0.25) is 0 Å². The zero-order chi connectivity index (χ0) is 22.5. The van der Waals surface area contributed by atoms with Gasteiger partial charge < -0.3 is 24.7 Å². The molecule has 0 N–H and O–H groups in total. The second kappa shape index (κ2) is 26.6. The number of aryl methyl sites for hydroxylation is 2. The molecule has 0 spiro atoms. The Kier molecular flexibility index (Phi) is 29.9. The molecule has 0 amide bonds. The van der Waals surface area contributed by atoms with E-state index in [1.165, 1.54) is 73.1 Å². The van der Waals surface area contributed by atoms with Crippen LogP contribution in [0.1, 0.15) is 47.9 Å². The SMILES string of the molecule is C=Cc1ccc(CCCCP)cc1.C=Cc1ccc(CCCCP)cc1.[Au+].[Au+].[C-]#CC#[C-]. The molecule has 0 aliphatic rings. The van der Waals surface area contributed by atoms with Gasteiger partial charge in [-0.25, -0.2) is 0 Å². The van der Waals surface area contributed by atoms with Gasteiger partial charge in [0.2, 0.25) is 0 Å². The van der Waals surface area contributed by atoms with Gasteiger partial charge in [-0.15, -0.1) is 18.5 Å². The Morgan fingerprint density at radius 1 is 0.625 bits per heavy atom. The zero-order valence-corrected chi connectivity index (χ0v) is 25.2. The van der Waals surface area contributed by atoms with Crippen molar-refractivity contribution in [2.75, 3.05) is 12.3 Å². The van der Waals surface area contributed by atoms with E-state index in [9.17, 15) is 0 Å². The molecule has 0 saturated heterocycles. The molecule has 2 atom stereocenters. The van der Waals surface area contributed by atoms with Crippen LogP contribution >= 0.6 is 18.5 Å². The van der Waals surface area contributed by atoms with Crippen LogP contribution < -0.4 is 0 Å². The Bertz CT molecular complexity index is 713. The predicted molar refractivity (Wildman–Crippen MR) is 142 cm³/mol. The van der Waals surface area contributed by atoms with E-state index in [1.807, 2.05) is 12.2 Å². The molecule has 0 nitrogen and oxygen atoms in total. The average molecular weight is 826 g/mol. The Morgan fingerprint density at radius 3 is 1.16 bits per heavy atom. The van der Waals surface area contributed by atoms with Crippen LogP contribution in [0.5, 0.6) is 0 Å². The summed E-state index contributed by atoms with van der Waals surface area (Å²) >= 11 is 0. The number of unbranched alkanes of at least 4 members (excludes halogenated alkanes) is 2. The summed E-state index contributed by atoms with van der Waals surface area (Å²) in [5.41, 5.74) is 5.28. The monoisotopic (exact) mass is 826 g/mol. The number of rotatable bonds is 10. The zero-order valence-electron chi connectivity index (χ0n) is 18.6. The van der Waals surface area contributed by atoms with Crippen molar-refractivity contribution < 1.29 is 44.8 Å². The standard InChI is InChI=1S/2C12H17P.C4.2Au/c2*1-2-11-6-8-12(9-7-11)5-3-4-10-13;1-3-4-2;;/h2*2,6-9H,1,3-5,10,13H2;;;/q;;-2;2*+1. The Hall–Kier alpha value is -0.619. The fraction of sp³-hybridized carbons (Fsp3) is 0.286. The molecule has 0 aliphatic heterocycles. The van der Waals surface area contributed by atoms with Crippen LogP contribution in [-0.2, 0) is 57.6 Å². The minimum atomic E-state index is 0. The molecule has 0 heterocycles. The van der Waals surface area contributed by atoms with Crippen LogP contribution in [0.3, 0.4) is 0 Å². The fourth-order valence-corrected chi connectivity index (χ4v) is 3.17. The van der Waals surface area contributed by atoms with E-state index in [2.05, 4.69) is 80.2 Å². The molecule has 32 heavy (non-hydrogen) atoms. The van der Waals surface area contributed by atoms with Crippen molar-refractivity contribution in [1.82, 2.24) is 0 Å². The Morgan fingerprint density at radius 2 is 0.938 bits per heavy atom. The first-order valence-corrected chi connectivity index (χ1v) is 11.9. The second-order valence-corrected chi connectivity index (χ2v) is 7.79. The predicted octanol–water partition coefficient (Wildman–Crippen LogP) is 7.22. The number of hydrogen-bond donors (Lipinski definition) is 0. The van der Waals surface area contributed by atoms with Crippen molar-refractivity contribution >= 4 is 30.6 Å². The molecule has 0 fully saturated rings. The minimum absolute atomic E-state index is 0. The molecule has 0 radical (unpaired) electrons. The van der Waals surface area contributed by atoms with Crippen LogP contribution in [0.25, 0.3) is 12.2 Å². The molecule has 2 unspecified atom stereocenters. The Balaban J connectivity index is -0.000000428. The Labute approximate surface area is 233 Å². The second-order valence-electron chi connectivity index (χ2n) is 6.63. The number of benzene rings is 2. The number of hydrogen-bond acceptors (Lipinski definition) is 0. The van der Waals surface area contributed by atoms with Gasteiger partial charge in [0.15, 0.2) is 0 Å². The molecule has 178 valence electrons. The largest absolute Gasteiger partial charge is 1.00 e. The van der Waals surface area contributed by atoms with E-state index >= 15 is 0 Å². The molecule has 0 aromatic heterocycles. The van der Waals surface area contributed by atoms with E-state index in [4.69, 9.17) is 12.8 Å². The van der Waals surface area contributed by atoms with Gasteiger partial charge >= 0.3 is 44.8 Å². The summed E-state index contributed by atoms with van der Waals surface area (Å²) in [5, 5.41) is 0. The van der Waals surface area contributed by atoms with Crippen LogP contribution in [0, 0.1) is 24.7 Å². The van der Waals surface area contributed by atoms with Gasteiger partial charge in [-0.05, 0) is 73.1 Å². The van der Waals surface area contributed by atoms with Crippen molar-refractivity contribution in [2.24, 2.45) is 0 Å². The summed E-state index contributed by atoms with van der Waals surface area (Å²) in [6, 6.07) is 17.3. The molecule has 0 saturated carbocycles. The third kappa shape index (κ3) is 20.0. The average Bonchev–Trinajstić information content (AvgIpc) is 2.81. The van der Waals surface area contributed by atoms with Crippen molar-refractivity contribution in [3.8, 4) is 11.8 Å². The first-order valence-electron chi connectivity index (χ1n) is 10.3. The topological polar surface area (TPSA) is 0 Å². The van der Waals surface area contributed by atoms with Gasteiger partial charge in [0.05, 0.1) is 0 Å². The van der Waals surface area contributed by atoms with E-state index in [0.717, 1.165) is 0 Å². The molecular weight excluding hydrogens is 792 g/mol. The maximum Gasteiger partial charge on any atom is 1.00 e. The first kappa shape index (κ1) is 36.0. The van der Waals surface area contributed by atoms with E-state index in [0.29, 0.717) is 0 Å². The molecule has 0 aliphatic carbocycles. The molecule has 2 aromatic carbocycles. The fourth-order valence-electron chi connectivity index (χ4n) is 2.59. The smallest absolute Gasteiger partial charge is 0.500 e. The maximum absolute atomic E-state index is 5.90. The van der Waals surface area contributed by atoms with Crippen molar-refractivity contribution in [1.29, 1.82) is 0 Å². The summed E-state index contributed by atoms with van der Waals surface area (Å²) in [5.74, 6) is 3.19. The van der Waals surface area contributed by atoms with Crippen molar-refractivity contribution in [3.63, 3.8) is 0 Å². The minimum Gasteiger partial charge on any atom is -0.500 e. The summed E-state index contributed by atoms with van der Waals surface area (Å²) in [7, 11) is 5.54. The van der Waals surface area contributed by atoms with Crippen LogP contribution in [0.4, 0.5) is 0 Å². The van der Waals surface area contributed by atoms with E-state index < -0.39 is 0 Å². The van der Waals surface area contributed by atoms with Gasteiger partial charge in [0.25, 0.3) is 0 Å². The van der Waals surface area contributed by atoms with Crippen molar-refractivity contribution in [2.45, 2.75) is 38.5 Å². The maximum atomic E-state index is 5.90. The normalized spacial score (nSPS) is 8.38. The third-order valence-corrected chi connectivity index (χ3v) is 5.15. The summed E-state index contributed by atoms with van der Waals surface area (Å²) in [6.07, 6.45) is 25.6. The first-order chi connectivity index (χ1) is 14.6. The molecule has 2 rings (SSSR count). The van der Waals surface area contributed by atoms with Crippen LogP contribution in [-0.4, -0.2) is 12.3 Å². The summed E-state index contributed by atoms with van der Waals surface area (Å²) in [6.45, 7) is 7.47. The molecular formula is C28H34Au2P2. The third-order valence-electron chi connectivity index (χ3n) is 4.33. The van der Waals surface area contributed by atoms with Gasteiger partial charge in [-0.3, -0.25) is 0 Å².